The standard InChI is InChI=1S/C14H15Cl2NO3/c15-9-3-4-10(16)11(7-9)17-12(18)8-14(13(19)20)5-1-2-6-14/h3-4,7H,1-2,5-6,8H2,(H,17,18)(H,19,20). The lowest BCUT2D eigenvalue weighted by molar-refractivity contribution is -0.150. The van der Waals surface area contributed by atoms with Crippen molar-refractivity contribution in [1.82, 2.24) is 0 Å². The van der Waals surface area contributed by atoms with Gasteiger partial charge < -0.3 is 10.4 Å². The second-order valence-electron chi connectivity index (χ2n) is 5.14. The second kappa shape index (κ2) is 6.02. The van der Waals surface area contributed by atoms with Gasteiger partial charge in [0.05, 0.1) is 16.1 Å². The minimum Gasteiger partial charge on any atom is -0.481 e. The van der Waals surface area contributed by atoms with E-state index in [0.29, 0.717) is 28.6 Å². The Hall–Kier alpha value is -1.26. The molecule has 1 aliphatic rings. The Labute approximate surface area is 127 Å². The summed E-state index contributed by atoms with van der Waals surface area (Å²) in [4.78, 5) is 23.5. The second-order valence-corrected chi connectivity index (χ2v) is 5.99. The molecule has 2 N–H and O–H groups in total. The molecule has 0 spiro atoms. The molecular weight excluding hydrogens is 301 g/mol. The number of halogens is 2. The topological polar surface area (TPSA) is 66.4 Å². The van der Waals surface area contributed by atoms with Crippen molar-refractivity contribution >= 4 is 40.8 Å². The van der Waals surface area contributed by atoms with Crippen LogP contribution in [0.4, 0.5) is 5.69 Å². The molecule has 0 aromatic heterocycles. The summed E-state index contributed by atoms with van der Waals surface area (Å²) in [5, 5.41) is 12.8. The first-order valence-corrected chi connectivity index (χ1v) is 7.17. The number of rotatable bonds is 4. The van der Waals surface area contributed by atoms with E-state index >= 15 is 0 Å². The predicted octanol–water partition coefficient (Wildman–Crippen LogP) is 3.97. The fourth-order valence-corrected chi connectivity index (χ4v) is 2.95. The number of carboxylic acids is 1. The highest BCUT2D eigenvalue weighted by molar-refractivity contribution is 6.35. The van der Waals surface area contributed by atoms with Gasteiger partial charge in [0, 0.05) is 11.4 Å². The molecule has 4 nitrogen and oxygen atoms in total. The van der Waals surface area contributed by atoms with E-state index < -0.39 is 11.4 Å². The molecule has 0 atom stereocenters. The Bertz CT molecular complexity index is 539. The van der Waals surface area contributed by atoms with Crippen LogP contribution in [0.15, 0.2) is 18.2 Å². The van der Waals surface area contributed by atoms with E-state index in [4.69, 9.17) is 23.2 Å². The third-order valence-corrected chi connectivity index (χ3v) is 4.28. The minimum absolute atomic E-state index is 0.0365. The summed E-state index contributed by atoms with van der Waals surface area (Å²) in [6.07, 6.45) is 2.73. The molecule has 1 aromatic rings. The van der Waals surface area contributed by atoms with Crippen molar-refractivity contribution in [2.24, 2.45) is 5.41 Å². The van der Waals surface area contributed by atoms with Crippen LogP contribution in [0.2, 0.25) is 10.0 Å². The van der Waals surface area contributed by atoms with E-state index in [1.807, 2.05) is 0 Å². The summed E-state index contributed by atoms with van der Waals surface area (Å²) in [6.45, 7) is 0. The van der Waals surface area contributed by atoms with Crippen molar-refractivity contribution in [2.45, 2.75) is 32.1 Å². The third kappa shape index (κ3) is 3.25. The number of carboxylic acid groups (broad SMARTS) is 1. The molecule has 0 radical (unpaired) electrons. The normalized spacial score (nSPS) is 16.9. The van der Waals surface area contributed by atoms with Gasteiger partial charge in [0.25, 0.3) is 0 Å². The van der Waals surface area contributed by atoms with Crippen LogP contribution < -0.4 is 5.32 Å². The van der Waals surface area contributed by atoms with Gasteiger partial charge in [-0.3, -0.25) is 9.59 Å². The van der Waals surface area contributed by atoms with Gasteiger partial charge in [0.2, 0.25) is 5.91 Å². The first-order chi connectivity index (χ1) is 9.43. The average molecular weight is 316 g/mol. The van der Waals surface area contributed by atoms with Gasteiger partial charge in [-0.2, -0.15) is 0 Å². The van der Waals surface area contributed by atoms with Gasteiger partial charge >= 0.3 is 5.97 Å². The minimum atomic E-state index is -0.935. The predicted molar refractivity (Wildman–Crippen MR) is 78.2 cm³/mol. The number of anilines is 1. The quantitative estimate of drug-likeness (QED) is 0.883. The maximum absolute atomic E-state index is 12.1. The van der Waals surface area contributed by atoms with Crippen molar-refractivity contribution in [3.63, 3.8) is 0 Å². The maximum Gasteiger partial charge on any atom is 0.310 e. The highest BCUT2D eigenvalue weighted by atomic mass is 35.5. The van der Waals surface area contributed by atoms with Crippen LogP contribution in [0.25, 0.3) is 0 Å². The molecule has 1 fully saturated rings. The van der Waals surface area contributed by atoms with E-state index in [1.54, 1.807) is 18.2 Å². The third-order valence-electron chi connectivity index (χ3n) is 3.72. The number of aliphatic carboxylic acids is 1. The zero-order valence-electron chi connectivity index (χ0n) is 10.8. The Morgan fingerprint density at radius 3 is 2.50 bits per heavy atom. The fraction of sp³-hybridized carbons (Fsp3) is 0.429. The molecule has 2 rings (SSSR count). The van der Waals surface area contributed by atoms with Crippen molar-refractivity contribution in [3.8, 4) is 0 Å². The average Bonchev–Trinajstić information content (AvgIpc) is 2.83. The van der Waals surface area contributed by atoms with Crippen molar-refractivity contribution in [2.75, 3.05) is 5.32 Å². The number of carbonyl (C=O) groups is 2. The van der Waals surface area contributed by atoms with E-state index in [-0.39, 0.29) is 12.3 Å². The van der Waals surface area contributed by atoms with E-state index in [9.17, 15) is 14.7 Å². The number of amides is 1. The molecule has 0 unspecified atom stereocenters. The van der Waals surface area contributed by atoms with Crippen molar-refractivity contribution in [1.29, 1.82) is 0 Å². The molecule has 0 aliphatic heterocycles. The van der Waals surface area contributed by atoms with Crippen molar-refractivity contribution in [3.05, 3.63) is 28.2 Å². The summed E-state index contributed by atoms with van der Waals surface area (Å²) in [7, 11) is 0. The molecule has 108 valence electrons. The molecule has 1 saturated carbocycles. The first kappa shape index (κ1) is 15.1. The number of benzene rings is 1. The van der Waals surface area contributed by atoms with Gasteiger partial charge in [0.15, 0.2) is 0 Å². The molecule has 20 heavy (non-hydrogen) atoms. The van der Waals surface area contributed by atoms with E-state index in [2.05, 4.69) is 5.32 Å². The lowest BCUT2D eigenvalue weighted by Crippen LogP contribution is -2.32. The van der Waals surface area contributed by atoms with Crippen LogP contribution in [-0.4, -0.2) is 17.0 Å². The summed E-state index contributed by atoms with van der Waals surface area (Å²) in [6, 6.07) is 4.75. The monoisotopic (exact) mass is 315 g/mol. The van der Waals surface area contributed by atoms with Gasteiger partial charge in [-0.25, -0.2) is 0 Å². The number of hydrogen-bond acceptors (Lipinski definition) is 2. The fourth-order valence-electron chi connectivity index (χ4n) is 2.61. The van der Waals surface area contributed by atoms with Gasteiger partial charge in [0.1, 0.15) is 0 Å². The Kier molecular flexibility index (Phi) is 4.55. The summed E-state index contributed by atoms with van der Waals surface area (Å²) >= 11 is 11.8. The highest BCUT2D eigenvalue weighted by Gasteiger charge is 2.43. The molecular formula is C14H15Cl2NO3. The maximum atomic E-state index is 12.1. The molecule has 1 aliphatic carbocycles. The smallest absolute Gasteiger partial charge is 0.310 e. The van der Waals surface area contributed by atoms with Crippen LogP contribution in [-0.2, 0) is 9.59 Å². The summed E-state index contributed by atoms with van der Waals surface area (Å²) in [5.41, 5.74) is -0.530. The summed E-state index contributed by atoms with van der Waals surface area (Å²) < 4.78 is 0. The van der Waals surface area contributed by atoms with Gasteiger partial charge in [-0.15, -0.1) is 0 Å². The molecule has 1 amide bonds. The lowest BCUT2D eigenvalue weighted by Gasteiger charge is -2.23. The Morgan fingerprint density at radius 2 is 1.90 bits per heavy atom. The number of nitrogens with one attached hydrogen (secondary N) is 1. The first-order valence-electron chi connectivity index (χ1n) is 6.41. The SMILES string of the molecule is O=C(CC1(C(=O)O)CCCC1)Nc1cc(Cl)ccc1Cl. The van der Waals surface area contributed by atoms with Crippen LogP contribution in [0.3, 0.4) is 0 Å². The lowest BCUT2D eigenvalue weighted by atomic mass is 9.82. The van der Waals surface area contributed by atoms with Crippen LogP contribution in [0, 0.1) is 5.41 Å². The van der Waals surface area contributed by atoms with E-state index in [1.165, 1.54) is 0 Å². The summed E-state index contributed by atoms with van der Waals surface area (Å²) in [5.74, 6) is -1.25. The molecule has 6 heteroatoms. The zero-order chi connectivity index (χ0) is 14.8. The molecule has 0 heterocycles. The van der Waals surface area contributed by atoms with Crippen LogP contribution in [0.5, 0.6) is 0 Å². The van der Waals surface area contributed by atoms with Crippen LogP contribution >= 0.6 is 23.2 Å². The largest absolute Gasteiger partial charge is 0.481 e. The molecule has 0 bridgehead atoms. The molecule has 0 saturated heterocycles. The highest BCUT2D eigenvalue weighted by Crippen LogP contribution is 2.41. The number of hydrogen-bond donors (Lipinski definition) is 2. The zero-order valence-corrected chi connectivity index (χ0v) is 12.3. The van der Waals surface area contributed by atoms with Gasteiger partial charge in [-0.1, -0.05) is 36.0 Å². The molecule has 1 aromatic carbocycles. The van der Waals surface area contributed by atoms with Gasteiger partial charge in [-0.05, 0) is 31.0 Å². The van der Waals surface area contributed by atoms with Crippen molar-refractivity contribution < 1.29 is 14.7 Å². The van der Waals surface area contributed by atoms with E-state index in [0.717, 1.165) is 12.8 Å². The Balaban J connectivity index is 2.08. The Morgan fingerprint density at radius 1 is 1.25 bits per heavy atom. The van der Waals surface area contributed by atoms with Crippen LogP contribution in [0.1, 0.15) is 32.1 Å². The number of carbonyl (C=O) groups excluding carboxylic acids is 1.